The molecule has 2 amide bonds. The Kier molecular flexibility index (Phi) is 11.2. The molecule has 3 aromatic rings. The van der Waals surface area contributed by atoms with E-state index in [0.717, 1.165) is 9.87 Å². The third-order valence-electron chi connectivity index (χ3n) is 6.51. The summed E-state index contributed by atoms with van der Waals surface area (Å²) in [6.07, 6.45) is 0.338. The first-order valence-corrected chi connectivity index (χ1v) is 15.0. The number of ether oxygens (including phenoxy) is 2. The standard InChI is InChI=1S/C31H39N3O6S/c1-6-29(31(36)32-20-23(2)3)33(21-24-12-10-14-26(18-24)39-4)30(35)22-34(25-13-11-15-27(19-25)40-5)41(37,38)28-16-8-7-9-17-28/h7-19,23,29H,6,20-22H2,1-5H3,(H,32,36)/t29-/m1/s1. The number of sulfonamides is 1. The summed E-state index contributed by atoms with van der Waals surface area (Å²) < 4.78 is 39.5. The van der Waals surface area contributed by atoms with Gasteiger partial charge in [0.15, 0.2) is 0 Å². The Morgan fingerprint density at radius 2 is 1.51 bits per heavy atom. The minimum Gasteiger partial charge on any atom is -0.497 e. The fourth-order valence-corrected chi connectivity index (χ4v) is 5.75. The number of amides is 2. The number of hydrogen-bond acceptors (Lipinski definition) is 6. The lowest BCUT2D eigenvalue weighted by Gasteiger charge is -2.33. The molecule has 0 saturated carbocycles. The maximum absolute atomic E-state index is 14.1. The zero-order valence-corrected chi connectivity index (χ0v) is 25.1. The van der Waals surface area contributed by atoms with Crippen molar-refractivity contribution in [2.24, 2.45) is 5.92 Å². The Morgan fingerprint density at radius 1 is 0.878 bits per heavy atom. The Labute approximate surface area is 243 Å². The van der Waals surface area contributed by atoms with Crippen LogP contribution >= 0.6 is 0 Å². The monoisotopic (exact) mass is 581 g/mol. The molecule has 3 aromatic carbocycles. The van der Waals surface area contributed by atoms with E-state index in [1.807, 2.05) is 26.8 Å². The number of nitrogens with one attached hydrogen (secondary N) is 1. The molecule has 0 aromatic heterocycles. The van der Waals surface area contributed by atoms with E-state index in [0.29, 0.717) is 24.5 Å². The van der Waals surface area contributed by atoms with Gasteiger partial charge in [-0.1, -0.05) is 57.2 Å². The normalized spacial score (nSPS) is 12.0. The van der Waals surface area contributed by atoms with E-state index >= 15 is 0 Å². The highest BCUT2D eigenvalue weighted by Crippen LogP contribution is 2.28. The van der Waals surface area contributed by atoms with Crippen LogP contribution in [-0.4, -0.2) is 58.5 Å². The van der Waals surface area contributed by atoms with Gasteiger partial charge < -0.3 is 19.7 Å². The van der Waals surface area contributed by atoms with Gasteiger partial charge in [0.2, 0.25) is 11.8 Å². The van der Waals surface area contributed by atoms with Crippen molar-refractivity contribution < 1.29 is 27.5 Å². The van der Waals surface area contributed by atoms with Gasteiger partial charge in [-0.15, -0.1) is 0 Å². The molecule has 41 heavy (non-hydrogen) atoms. The van der Waals surface area contributed by atoms with Gasteiger partial charge >= 0.3 is 0 Å². The lowest BCUT2D eigenvalue weighted by molar-refractivity contribution is -0.140. The second kappa shape index (κ2) is 14.5. The van der Waals surface area contributed by atoms with Gasteiger partial charge in [-0.2, -0.15) is 0 Å². The maximum atomic E-state index is 14.1. The average molecular weight is 582 g/mol. The number of benzene rings is 3. The van der Waals surface area contributed by atoms with E-state index in [4.69, 9.17) is 9.47 Å². The topological polar surface area (TPSA) is 105 Å². The van der Waals surface area contributed by atoms with Gasteiger partial charge in [-0.3, -0.25) is 13.9 Å². The van der Waals surface area contributed by atoms with Crippen LogP contribution in [0, 0.1) is 5.92 Å². The summed E-state index contributed by atoms with van der Waals surface area (Å²) in [5.41, 5.74) is 1.01. The average Bonchev–Trinajstić information content (AvgIpc) is 2.99. The van der Waals surface area contributed by atoms with Crippen molar-refractivity contribution in [3.05, 3.63) is 84.4 Å². The Bertz CT molecular complexity index is 1410. The lowest BCUT2D eigenvalue weighted by Crippen LogP contribution is -2.52. The highest BCUT2D eigenvalue weighted by atomic mass is 32.2. The van der Waals surface area contributed by atoms with Crippen molar-refractivity contribution >= 4 is 27.5 Å². The molecule has 1 atom stereocenters. The van der Waals surface area contributed by atoms with Crippen molar-refractivity contribution in [3.8, 4) is 11.5 Å². The smallest absolute Gasteiger partial charge is 0.264 e. The van der Waals surface area contributed by atoms with E-state index in [9.17, 15) is 18.0 Å². The van der Waals surface area contributed by atoms with Gasteiger partial charge in [-0.05, 0) is 54.3 Å². The summed E-state index contributed by atoms with van der Waals surface area (Å²) in [5, 5.41) is 2.93. The van der Waals surface area contributed by atoms with Gasteiger partial charge in [0, 0.05) is 19.2 Å². The number of anilines is 1. The summed E-state index contributed by atoms with van der Waals surface area (Å²) in [4.78, 5) is 28.9. The fourth-order valence-electron chi connectivity index (χ4n) is 4.32. The third-order valence-corrected chi connectivity index (χ3v) is 8.30. The second-order valence-corrected chi connectivity index (χ2v) is 11.8. The van der Waals surface area contributed by atoms with Crippen LogP contribution in [-0.2, 0) is 26.2 Å². The van der Waals surface area contributed by atoms with Crippen LogP contribution in [0.15, 0.2) is 83.8 Å². The number of hydrogen-bond donors (Lipinski definition) is 1. The van der Waals surface area contributed by atoms with E-state index in [1.54, 1.807) is 67.8 Å². The highest BCUT2D eigenvalue weighted by Gasteiger charge is 2.33. The predicted octanol–water partition coefficient (Wildman–Crippen LogP) is 4.48. The molecule has 0 radical (unpaired) electrons. The summed E-state index contributed by atoms with van der Waals surface area (Å²) in [6.45, 7) is 5.81. The van der Waals surface area contributed by atoms with Crippen LogP contribution in [0.4, 0.5) is 5.69 Å². The second-order valence-electron chi connectivity index (χ2n) is 9.96. The molecule has 0 saturated heterocycles. The van der Waals surface area contributed by atoms with Crippen molar-refractivity contribution in [1.29, 1.82) is 0 Å². The summed E-state index contributed by atoms with van der Waals surface area (Å²) in [7, 11) is -1.12. The first-order chi connectivity index (χ1) is 19.6. The molecule has 3 rings (SSSR count). The fraction of sp³-hybridized carbons (Fsp3) is 0.355. The Hall–Kier alpha value is -4.05. The summed E-state index contributed by atoms with van der Waals surface area (Å²) >= 11 is 0. The molecular formula is C31H39N3O6S. The molecule has 0 bridgehead atoms. The van der Waals surface area contributed by atoms with Crippen LogP contribution in [0.3, 0.4) is 0 Å². The SMILES string of the molecule is CC[C@H](C(=O)NCC(C)C)N(Cc1cccc(OC)c1)C(=O)CN(c1cccc(OC)c1)S(=O)(=O)c1ccccc1. The molecule has 0 heterocycles. The highest BCUT2D eigenvalue weighted by molar-refractivity contribution is 7.92. The van der Waals surface area contributed by atoms with Gasteiger partial charge in [0.25, 0.3) is 10.0 Å². The molecule has 1 N–H and O–H groups in total. The van der Waals surface area contributed by atoms with Crippen molar-refractivity contribution in [3.63, 3.8) is 0 Å². The number of nitrogens with zero attached hydrogens (tertiary/aromatic N) is 2. The van der Waals surface area contributed by atoms with Crippen molar-refractivity contribution in [2.75, 3.05) is 31.6 Å². The van der Waals surface area contributed by atoms with Crippen molar-refractivity contribution in [1.82, 2.24) is 10.2 Å². The molecule has 10 heteroatoms. The van der Waals surface area contributed by atoms with Crippen LogP contribution in [0.1, 0.15) is 32.8 Å². The van der Waals surface area contributed by atoms with Crippen LogP contribution < -0.4 is 19.1 Å². The number of carbonyl (C=O) groups is 2. The van der Waals surface area contributed by atoms with E-state index in [-0.39, 0.29) is 29.0 Å². The number of carbonyl (C=O) groups excluding carboxylic acids is 2. The van der Waals surface area contributed by atoms with E-state index in [2.05, 4.69) is 5.32 Å². The maximum Gasteiger partial charge on any atom is 0.264 e. The molecule has 0 aliphatic rings. The Balaban J connectivity index is 2.06. The largest absolute Gasteiger partial charge is 0.497 e. The van der Waals surface area contributed by atoms with Gasteiger partial charge in [-0.25, -0.2) is 8.42 Å². The molecule has 0 unspecified atom stereocenters. The molecule has 9 nitrogen and oxygen atoms in total. The Morgan fingerprint density at radius 3 is 2.12 bits per heavy atom. The molecule has 0 aliphatic carbocycles. The summed E-state index contributed by atoms with van der Waals surface area (Å²) in [6, 6.07) is 20.9. The first kappa shape index (κ1) is 31.5. The molecule has 0 spiro atoms. The first-order valence-electron chi connectivity index (χ1n) is 13.5. The van der Waals surface area contributed by atoms with Crippen LogP contribution in [0.5, 0.6) is 11.5 Å². The number of methoxy groups -OCH3 is 2. The third kappa shape index (κ3) is 8.23. The molecular weight excluding hydrogens is 542 g/mol. The van der Waals surface area contributed by atoms with Crippen LogP contribution in [0.25, 0.3) is 0 Å². The van der Waals surface area contributed by atoms with Gasteiger partial charge in [0.1, 0.15) is 24.1 Å². The quantitative estimate of drug-likeness (QED) is 0.301. The molecule has 220 valence electrons. The minimum atomic E-state index is -4.16. The van der Waals surface area contributed by atoms with E-state index < -0.39 is 28.5 Å². The molecule has 0 aliphatic heterocycles. The minimum absolute atomic E-state index is 0.0386. The zero-order chi connectivity index (χ0) is 30.0. The zero-order valence-electron chi connectivity index (χ0n) is 24.2. The van der Waals surface area contributed by atoms with Gasteiger partial charge in [0.05, 0.1) is 24.8 Å². The van der Waals surface area contributed by atoms with Crippen LogP contribution in [0.2, 0.25) is 0 Å². The lowest BCUT2D eigenvalue weighted by atomic mass is 10.1. The number of rotatable bonds is 14. The van der Waals surface area contributed by atoms with Crippen molar-refractivity contribution in [2.45, 2.75) is 44.7 Å². The molecule has 0 fully saturated rings. The van der Waals surface area contributed by atoms with E-state index in [1.165, 1.54) is 24.1 Å². The summed E-state index contributed by atoms with van der Waals surface area (Å²) in [5.74, 6) is 0.448. The predicted molar refractivity (Wildman–Crippen MR) is 159 cm³/mol.